The van der Waals surface area contributed by atoms with Crippen molar-refractivity contribution in [1.29, 1.82) is 0 Å². The van der Waals surface area contributed by atoms with Crippen molar-refractivity contribution in [2.75, 3.05) is 24.3 Å². The summed E-state index contributed by atoms with van der Waals surface area (Å²) in [5.41, 5.74) is 1.37. The molecule has 2 rings (SSSR count). The minimum Gasteiger partial charge on any atom is -0.495 e. The van der Waals surface area contributed by atoms with E-state index >= 15 is 0 Å². The Hall–Kier alpha value is -2.21. The highest BCUT2D eigenvalue weighted by molar-refractivity contribution is 6.32. The summed E-state index contributed by atoms with van der Waals surface area (Å²) in [5, 5.41) is 10.1. The number of hydrogen-bond acceptors (Lipinski definition) is 5. The number of nitrogens with one attached hydrogen (secondary N) is 2. The number of ether oxygens (including phenoxy) is 1. The van der Waals surface area contributed by atoms with E-state index in [0.717, 1.165) is 11.4 Å². The largest absolute Gasteiger partial charge is 0.495 e. The van der Waals surface area contributed by atoms with Crippen LogP contribution in [0.2, 0.25) is 5.02 Å². The van der Waals surface area contributed by atoms with Crippen molar-refractivity contribution in [3.05, 3.63) is 35.0 Å². The van der Waals surface area contributed by atoms with Crippen LogP contribution in [0.5, 0.6) is 5.75 Å². The first-order chi connectivity index (χ1) is 10.8. The van der Waals surface area contributed by atoms with Crippen LogP contribution in [0.3, 0.4) is 0 Å². The molecule has 0 spiro atoms. The Morgan fingerprint density at radius 3 is 2.65 bits per heavy atom. The quantitative estimate of drug-likeness (QED) is 0.870. The van der Waals surface area contributed by atoms with Crippen LogP contribution in [0.1, 0.15) is 26.5 Å². The molecule has 6 nitrogen and oxygen atoms in total. The number of amides is 1. The van der Waals surface area contributed by atoms with Gasteiger partial charge >= 0.3 is 0 Å². The number of hydrogen-bond donors (Lipinski definition) is 2. The lowest BCUT2D eigenvalue weighted by molar-refractivity contribution is -0.114. The maximum absolute atomic E-state index is 11.9. The van der Waals surface area contributed by atoms with Crippen LogP contribution < -0.4 is 15.4 Å². The smallest absolute Gasteiger partial charge is 0.246 e. The first kappa shape index (κ1) is 17.1. The summed E-state index contributed by atoms with van der Waals surface area (Å²) >= 11 is 6.03. The lowest BCUT2D eigenvalue weighted by atomic mass is 9.92. The Morgan fingerprint density at radius 1 is 1.35 bits per heavy atom. The van der Waals surface area contributed by atoms with E-state index in [4.69, 9.17) is 20.9 Å². The van der Waals surface area contributed by atoms with Crippen LogP contribution in [-0.2, 0) is 10.2 Å². The molecule has 0 aliphatic heterocycles. The number of rotatable bonds is 5. The van der Waals surface area contributed by atoms with Crippen LogP contribution in [0.25, 0.3) is 0 Å². The maximum atomic E-state index is 11.9. The Morgan fingerprint density at radius 2 is 2.09 bits per heavy atom. The number of methoxy groups -OCH3 is 1. The third-order valence-electron chi connectivity index (χ3n) is 3.15. The van der Waals surface area contributed by atoms with Gasteiger partial charge in [0, 0.05) is 17.2 Å². The Labute approximate surface area is 140 Å². The van der Waals surface area contributed by atoms with E-state index in [-0.39, 0.29) is 17.9 Å². The normalized spacial score (nSPS) is 11.2. The standard InChI is InChI=1S/C16H20ClN3O3/c1-16(2,3)13-8-15(23-20-13)19-14(21)9-18-10-5-6-12(22-4)11(17)7-10/h5-8,18H,9H2,1-4H3,(H,19,21). The van der Waals surface area contributed by atoms with Gasteiger partial charge in [-0.25, -0.2) is 0 Å². The van der Waals surface area contributed by atoms with Gasteiger partial charge in [-0.05, 0) is 18.2 Å². The van der Waals surface area contributed by atoms with Crippen LogP contribution >= 0.6 is 11.6 Å². The van der Waals surface area contributed by atoms with Gasteiger partial charge in [0.2, 0.25) is 11.8 Å². The van der Waals surface area contributed by atoms with Crippen molar-refractivity contribution in [2.24, 2.45) is 0 Å². The van der Waals surface area contributed by atoms with Crippen molar-refractivity contribution in [1.82, 2.24) is 5.16 Å². The average molecular weight is 338 g/mol. The highest BCUT2D eigenvalue weighted by atomic mass is 35.5. The summed E-state index contributed by atoms with van der Waals surface area (Å²) in [7, 11) is 1.55. The van der Waals surface area contributed by atoms with Gasteiger partial charge in [0.15, 0.2) is 0 Å². The highest BCUT2D eigenvalue weighted by Gasteiger charge is 2.19. The molecule has 0 fully saturated rings. The molecule has 124 valence electrons. The Bertz CT molecular complexity index is 692. The molecular formula is C16H20ClN3O3. The van der Waals surface area contributed by atoms with Crippen LogP contribution in [-0.4, -0.2) is 24.7 Å². The molecular weight excluding hydrogens is 318 g/mol. The van der Waals surface area contributed by atoms with Gasteiger partial charge in [-0.3, -0.25) is 10.1 Å². The van der Waals surface area contributed by atoms with E-state index in [0.29, 0.717) is 16.7 Å². The molecule has 0 aliphatic carbocycles. The summed E-state index contributed by atoms with van der Waals surface area (Å²) in [4.78, 5) is 11.9. The third kappa shape index (κ3) is 4.63. The monoisotopic (exact) mass is 337 g/mol. The number of anilines is 2. The molecule has 0 saturated carbocycles. The van der Waals surface area contributed by atoms with Gasteiger partial charge in [0.25, 0.3) is 0 Å². The van der Waals surface area contributed by atoms with Crippen LogP contribution in [0.4, 0.5) is 11.6 Å². The minimum absolute atomic E-state index is 0.0776. The zero-order valence-electron chi connectivity index (χ0n) is 13.6. The number of benzene rings is 1. The fraction of sp³-hybridized carbons (Fsp3) is 0.375. The van der Waals surface area contributed by atoms with Crippen molar-refractivity contribution >= 4 is 29.1 Å². The summed E-state index contributed by atoms with van der Waals surface area (Å²) < 4.78 is 10.2. The number of carbonyl (C=O) groups excluding carboxylic acids is 1. The topological polar surface area (TPSA) is 76.4 Å². The lowest BCUT2D eigenvalue weighted by Gasteiger charge is -2.12. The molecule has 2 aromatic rings. The summed E-state index contributed by atoms with van der Waals surface area (Å²) in [6.07, 6.45) is 0. The molecule has 1 aromatic heterocycles. The fourth-order valence-electron chi connectivity index (χ4n) is 1.83. The Kier molecular flexibility index (Phi) is 5.15. The number of aromatic nitrogens is 1. The zero-order valence-corrected chi connectivity index (χ0v) is 14.3. The maximum Gasteiger partial charge on any atom is 0.246 e. The van der Waals surface area contributed by atoms with Gasteiger partial charge in [-0.15, -0.1) is 0 Å². The number of carbonyl (C=O) groups is 1. The average Bonchev–Trinajstić information content (AvgIpc) is 2.94. The zero-order chi connectivity index (χ0) is 17.0. The molecule has 0 atom stereocenters. The third-order valence-corrected chi connectivity index (χ3v) is 3.44. The second kappa shape index (κ2) is 6.91. The molecule has 0 bridgehead atoms. The second-order valence-electron chi connectivity index (χ2n) is 6.08. The van der Waals surface area contributed by atoms with E-state index in [1.54, 1.807) is 31.4 Å². The SMILES string of the molecule is COc1ccc(NCC(=O)Nc2cc(C(C)(C)C)no2)cc1Cl. The van der Waals surface area contributed by atoms with Crippen molar-refractivity contribution < 1.29 is 14.1 Å². The van der Waals surface area contributed by atoms with Crippen LogP contribution in [0, 0.1) is 0 Å². The number of nitrogens with zero attached hydrogens (tertiary/aromatic N) is 1. The minimum atomic E-state index is -0.242. The molecule has 1 amide bonds. The van der Waals surface area contributed by atoms with E-state index < -0.39 is 0 Å². The Balaban J connectivity index is 1.90. The molecule has 0 saturated heterocycles. The van der Waals surface area contributed by atoms with Crippen molar-refractivity contribution in [3.63, 3.8) is 0 Å². The molecule has 0 aliphatic rings. The van der Waals surface area contributed by atoms with E-state index in [1.807, 2.05) is 20.8 Å². The second-order valence-corrected chi connectivity index (χ2v) is 6.48. The molecule has 1 aromatic carbocycles. The lowest BCUT2D eigenvalue weighted by Crippen LogP contribution is -2.21. The van der Waals surface area contributed by atoms with Crippen molar-refractivity contribution in [2.45, 2.75) is 26.2 Å². The van der Waals surface area contributed by atoms with Crippen LogP contribution in [0.15, 0.2) is 28.8 Å². The summed E-state index contributed by atoms with van der Waals surface area (Å²) in [6, 6.07) is 6.93. The van der Waals surface area contributed by atoms with E-state index in [2.05, 4.69) is 15.8 Å². The predicted molar refractivity (Wildman–Crippen MR) is 90.3 cm³/mol. The molecule has 7 heteroatoms. The first-order valence-electron chi connectivity index (χ1n) is 7.14. The number of halogens is 1. The fourth-order valence-corrected chi connectivity index (χ4v) is 2.09. The summed E-state index contributed by atoms with van der Waals surface area (Å²) in [6.45, 7) is 6.14. The van der Waals surface area contributed by atoms with Gasteiger partial charge in [0.1, 0.15) is 5.75 Å². The van der Waals surface area contributed by atoms with Gasteiger partial charge < -0.3 is 14.6 Å². The van der Waals surface area contributed by atoms with Gasteiger partial charge in [-0.1, -0.05) is 37.5 Å². The van der Waals surface area contributed by atoms with Gasteiger partial charge in [0.05, 0.1) is 24.4 Å². The molecule has 0 radical (unpaired) electrons. The molecule has 1 heterocycles. The highest BCUT2D eigenvalue weighted by Crippen LogP contribution is 2.27. The first-order valence-corrected chi connectivity index (χ1v) is 7.52. The predicted octanol–water partition coefficient (Wildman–Crippen LogP) is 3.68. The molecule has 0 unspecified atom stereocenters. The van der Waals surface area contributed by atoms with E-state index in [1.165, 1.54) is 0 Å². The van der Waals surface area contributed by atoms with E-state index in [9.17, 15) is 4.79 Å². The van der Waals surface area contributed by atoms with Crippen molar-refractivity contribution in [3.8, 4) is 5.75 Å². The molecule has 2 N–H and O–H groups in total. The summed E-state index contributed by atoms with van der Waals surface area (Å²) in [5.74, 6) is 0.668. The molecule has 23 heavy (non-hydrogen) atoms. The van der Waals surface area contributed by atoms with Gasteiger partial charge in [-0.2, -0.15) is 0 Å².